The molecule has 6 nitrogen and oxygen atoms in total. The van der Waals surface area contributed by atoms with Gasteiger partial charge in [-0.2, -0.15) is 5.10 Å². The number of carbonyl (C=O) groups is 2. The molecule has 2 aromatic carbocycles. The molecule has 0 atom stereocenters. The summed E-state index contributed by atoms with van der Waals surface area (Å²) in [4.78, 5) is 27.2. The van der Waals surface area contributed by atoms with Crippen LogP contribution in [0.1, 0.15) is 5.56 Å². The highest BCUT2D eigenvalue weighted by Gasteiger charge is 2.15. The van der Waals surface area contributed by atoms with Crippen LogP contribution in [0.4, 0.5) is 5.69 Å². The van der Waals surface area contributed by atoms with E-state index >= 15 is 0 Å². The number of hydrogen-bond acceptors (Lipinski definition) is 4. The molecular weight excluding hydrogens is 372 g/mol. The molecule has 0 spiro atoms. The molecule has 0 saturated carbocycles. The van der Waals surface area contributed by atoms with Gasteiger partial charge in [0.1, 0.15) is 0 Å². The largest absolute Gasteiger partial charge is 0.336 e. The van der Waals surface area contributed by atoms with Gasteiger partial charge < -0.3 is 10.2 Å². The minimum atomic E-state index is -0.225. The molecule has 144 valence electrons. The molecule has 0 saturated heterocycles. The number of nitrogens with zero attached hydrogens (tertiary/aromatic N) is 3. The molecule has 1 heterocycles. The van der Waals surface area contributed by atoms with E-state index in [2.05, 4.69) is 10.4 Å². The van der Waals surface area contributed by atoms with Gasteiger partial charge in [-0.25, -0.2) is 4.68 Å². The third-order valence-electron chi connectivity index (χ3n) is 4.20. The molecule has 0 aliphatic heterocycles. The van der Waals surface area contributed by atoms with Crippen LogP contribution in [0.2, 0.25) is 0 Å². The fourth-order valence-corrected chi connectivity index (χ4v) is 3.28. The van der Waals surface area contributed by atoms with Crippen LogP contribution in [0.25, 0.3) is 5.69 Å². The van der Waals surface area contributed by atoms with Gasteiger partial charge in [0.05, 0.1) is 30.5 Å². The second-order valence-corrected chi connectivity index (χ2v) is 7.15. The Labute approximate surface area is 168 Å². The van der Waals surface area contributed by atoms with Crippen molar-refractivity contribution in [2.45, 2.75) is 11.3 Å². The van der Waals surface area contributed by atoms with Crippen molar-refractivity contribution in [3.05, 3.63) is 72.6 Å². The quantitative estimate of drug-likeness (QED) is 0.625. The molecule has 0 unspecified atom stereocenters. The van der Waals surface area contributed by atoms with Crippen molar-refractivity contribution in [2.24, 2.45) is 0 Å². The Hall–Kier alpha value is -3.06. The maximum Gasteiger partial charge on any atom is 0.244 e. The average Bonchev–Trinajstić information content (AvgIpc) is 3.17. The normalized spacial score (nSPS) is 10.5. The van der Waals surface area contributed by atoms with Crippen LogP contribution in [0, 0.1) is 0 Å². The highest BCUT2D eigenvalue weighted by Crippen LogP contribution is 2.24. The maximum absolute atomic E-state index is 12.5. The summed E-state index contributed by atoms with van der Waals surface area (Å²) in [6.45, 7) is -0.00558. The van der Waals surface area contributed by atoms with Crippen molar-refractivity contribution in [1.29, 1.82) is 0 Å². The summed E-state index contributed by atoms with van der Waals surface area (Å²) < 4.78 is 1.73. The monoisotopic (exact) mass is 394 g/mol. The van der Waals surface area contributed by atoms with E-state index in [0.717, 1.165) is 21.8 Å². The Morgan fingerprint density at radius 1 is 1.11 bits per heavy atom. The van der Waals surface area contributed by atoms with Crippen molar-refractivity contribution in [2.75, 3.05) is 25.2 Å². The summed E-state index contributed by atoms with van der Waals surface area (Å²) in [5, 5.41) is 7.17. The Morgan fingerprint density at radius 3 is 2.57 bits per heavy atom. The van der Waals surface area contributed by atoms with E-state index in [9.17, 15) is 9.59 Å². The number of hydrogen-bond donors (Lipinski definition) is 1. The second-order valence-electron chi connectivity index (χ2n) is 6.30. The predicted octanol–water partition coefficient (Wildman–Crippen LogP) is 3.23. The molecule has 2 amide bonds. The number of amides is 2. The highest BCUT2D eigenvalue weighted by molar-refractivity contribution is 7.98. The number of likely N-dealkylation sites (N-methyl/N-ethyl adjacent to an activating group) is 1. The molecule has 7 heteroatoms. The van der Waals surface area contributed by atoms with E-state index in [1.165, 1.54) is 4.90 Å². The van der Waals surface area contributed by atoms with Gasteiger partial charge in [0.15, 0.2) is 0 Å². The Balaban J connectivity index is 1.56. The summed E-state index contributed by atoms with van der Waals surface area (Å²) in [5.41, 5.74) is 2.49. The molecule has 1 N–H and O–H groups in total. The third kappa shape index (κ3) is 5.01. The highest BCUT2D eigenvalue weighted by atomic mass is 32.2. The van der Waals surface area contributed by atoms with E-state index < -0.39 is 0 Å². The molecular formula is C21H22N4O2S. The molecule has 3 aromatic rings. The smallest absolute Gasteiger partial charge is 0.244 e. The molecule has 0 aliphatic rings. The molecule has 1 aromatic heterocycles. The minimum absolute atomic E-state index is 0.00558. The number of rotatable bonds is 7. The number of nitrogens with one attached hydrogen (secondary N) is 1. The van der Waals surface area contributed by atoms with Gasteiger partial charge in [0, 0.05) is 18.1 Å². The Morgan fingerprint density at radius 2 is 1.82 bits per heavy atom. The van der Waals surface area contributed by atoms with Crippen molar-refractivity contribution >= 4 is 29.3 Å². The topological polar surface area (TPSA) is 67.2 Å². The summed E-state index contributed by atoms with van der Waals surface area (Å²) in [7, 11) is 1.63. The average molecular weight is 394 g/mol. The lowest BCUT2D eigenvalue weighted by molar-refractivity contribution is -0.132. The molecule has 28 heavy (non-hydrogen) atoms. The van der Waals surface area contributed by atoms with Gasteiger partial charge in [-0.05, 0) is 36.1 Å². The van der Waals surface area contributed by atoms with E-state index in [-0.39, 0.29) is 24.8 Å². The fourth-order valence-electron chi connectivity index (χ4n) is 2.72. The number of para-hydroxylation sites is 2. The van der Waals surface area contributed by atoms with Crippen LogP contribution in [0.3, 0.4) is 0 Å². The second kappa shape index (κ2) is 9.23. The van der Waals surface area contributed by atoms with Crippen LogP contribution in [0.5, 0.6) is 0 Å². The first kappa shape index (κ1) is 19.7. The molecule has 0 fully saturated rings. The lowest BCUT2D eigenvalue weighted by Gasteiger charge is -2.17. The first-order chi connectivity index (χ1) is 13.6. The molecule has 3 rings (SSSR count). The molecule has 0 aliphatic carbocycles. The maximum atomic E-state index is 12.5. The van der Waals surface area contributed by atoms with Crippen LogP contribution in [-0.4, -0.2) is 46.3 Å². The number of thioether (sulfide) groups is 1. The first-order valence-electron chi connectivity index (χ1n) is 8.82. The third-order valence-corrected chi connectivity index (χ3v) is 5.00. The SMILES string of the molecule is CSc1ccccc1NC(=O)CN(C)C(=O)Cc1cnn(-c2ccccc2)c1. The van der Waals surface area contributed by atoms with Gasteiger partial charge in [-0.3, -0.25) is 9.59 Å². The van der Waals surface area contributed by atoms with Gasteiger partial charge in [-0.15, -0.1) is 11.8 Å². The number of carbonyl (C=O) groups excluding carboxylic acids is 2. The van der Waals surface area contributed by atoms with E-state index in [0.29, 0.717) is 0 Å². The number of anilines is 1. The van der Waals surface area contributed by atoms with Crippen molar-refractivity contribution in [3.8, 4) is 5.69 Å². The van der Waals surface area contributed by atoms with E-state index in [4.69, 9.17) is 0 Å². The number of aromatic nitrogens is 2. The lowest BCUT2D eigenvalue weighted by atomic mass is 10.2. The fraction of sp³-hybridized carbons (Fsp3) is 0.190. The first-order valence-corrected chi connectivity index (χ1v) is 10.0. The van der Waals surface area contributed by atoms with Crippen molar-refractivity contribution in [1.82, 2.24) is 14.7 Å². The van der Waals surface area contributed by atoms with E-state index in [1.807, 2.05) is 67.0 Å². The minimum Gasteiger partial charge on any atom is -0.336 e. The van der Waals surface area contributed by atoms with E-state index in [1.54, 1.807) is 29.7 Å². The van der Waals surface area contributed by atoms with Crippen LogP contribution < -0.4 is 5.32 Å². The Kier molecular flexibility index (Phi) is 6.49. The van der Waals surface area contributed by atoms with Gasteiger partial charge in [0.25, 0.3) is 0 Å². The molecule has 0 radical (unpaired) electrons. The standard InChI is InChI=1S/C21H22N4O2S/c1-24(15-20(26)23-18-10-6-7-11-19(18)28-2)21(27)12-16-13-22-25(14-16)17-8-4-3-5-9-17/h3-11,13-14H,12,15H2,1-2H3,(H,23,26). The zero-order valence-corrected chi connectivity index (χ0v) is 16.6. The summed E-state index contributed by atoms with van der Waals surface area (Å²) in [6.07, 6.45) is 5.65. The summed E-state index contributed by atoms with van der Waals surface area (Å²) in [6, 6.07) is 17.3. The van der Waals surface area contributed by atoms with Crippen LogP contribution in [-0.2, 0) is 16.0 Å². The van der Waals surface area contributed by atoms with Crippen LogP contribution in [0.15, 0.2) is 71.9 Å². The molecule has 0 bridgehead atoms. The van der Waals surface area contributed by atoms with Gasteiger partial charge in [0.2, 0.25) is 11.8 Å². The summed E-state index contributed by atoms with van der Waals surface area (Å²) in [5.74, 6) is -0.363. The lowest BCUT2D eigenvalue weighted by Crippen LogP contribution is -2.35. The summed E-state index contributed by atoms with van der Waals surface area (Å²) >= 11 is 1.56. The zero-order chi connectivity index (χ0) is 19.9. The van der Waals surface area contributed by atoms with Crippen LogP contribution >= 0.6 is 11.8 Å². The van der Waals surface area contributed by atoms with Crippen molar-refractivity contribution < 1.29 is 9.59 Å². The van der Waals surface area contributed by atoms with Gasteiger partial charge >= 0.3 is 0 Å². The zero-order valence-electron chi connectivity index (χ0n) is 15.8. The van der Waals surface area contributed by atoms with Crippen molar-refractivity contribution in [3.63, 3.8) is 0 Å². The number of benzene rings is 2. The predicted molar refractivity (Wildman–Crippen MR) is 112 cm³/mol. The Bertz CT molecular complexity index is 956. The van der Waals surface area contributed by atoms with Gasteiger partial charge in [-0.1, -0.05) is 30.3 Å².